The average Bonchev–Trinajstić information content (AvgIpc) is 2.73. The molecule has 1 aliphatic heterocycles. The number of anilines is 1. The van der Waals surface area contributed by atoms with Gasteiger partial charge in [-0.2, -0.15) is 13.2 Å². The Kier molecular flexibility index (Phi) is 6.72. The highest BCUT2D eigenvalue weighted by Crippen LogP contribution is 2.35. The predicted molar refractivity (Wildman–Crippen MR) is 105 cm³/mol. The van der Waals surface area contributed by atoms with E-state index in [2.05, 4.69) is 20.5 Å². The molecule has 32 heavy (non-hydrogen) atoms. The van der Waals surface area contributed by atoms with Crippen molar-refractivity contribution in [2.24, 2.45) is 5.92 Å². The number of alkyl halides is 3. The number of hydrogen-bond donors (Lipinski definition) is 2. The van der Waals surface area contributed by atoms with Crippen LogP contribution in [0.3, 0.4) is 0 Å². The molecule has 2 N–H and O–H groups in total. The Morgan fingerprint density at radius 1 is 1.31 bits per heavy atom. The van der Waals surface area contributed by atoms with Crippen LogP contribution in [0.4, 0.5) is 23.7 Å². The Bertz CT molecular complexity index is 1050. The first kappa shape index (κ1) is 23.1. The lowest BCUT2D eigenvalue weighted by molar-refractivity contribution is -0.151. The fraction of sp³-hybridized carbons (Fsp3) is 0.263. The molecule has 0 saturated carbocycles. The molecule has 1 aliphatic rings. The van der Waals surface area contributed by atoms with Gasteiger partial charge in [-0.25, -0.2) is 14.8 Å². The first-order valence-electron chi connectivity index (χ1n) is 9.03. The fourth-order valence-corrected chi connectivity index (χ4v) is 3.01. The zero-order chi connectivity index (χ0) is 23.5. The number of nitrogens with one attached hydrogen (secondary N) is 2. The van der Waals surface area contributed by atoms with Crippen LogP contribution in [0.15, 0.2) is 36.5 Å². The van der Waals surface area contributed by atoms with Crippen molar-refractivity contribution in [1.29, 1.82) is 0 Å². The number of halogens is 4. The van der Waals surface area contributed by atoms with E-state index in [0.717, 1.165) is 5.01 Å². The maximum absolute atomic E-state index is 12.7. The fourth-order valence-electron chi connectivity index (χ4n) is 2.80. The van der Waals surface area contributed by atoms with Gasteiger partial charge in [0.25, 0.3) is 0 Å². The molecule has 1 atom stereocenters. The summed E-state index contributed by atoms with van der Waals surface area (Å²) in [5.41, 5.74) is 1.57. The number of urea groups is 1. The second-order valence-electron chi connectivity index (χ2n) is 6.64. The first-order valence-corrected chi connectivity index (χ1v) is 9.41. The van der Waals surface area contributed by atoms with E-state index in [9.17, 15) is 27.6 Å². The Morgan fingerprint density at radius 2 is 2.06 bits per heavy atom. The number of hydrogen-bond acceptors (Lipinski definition) is 6. The summed E-state index contributed by atoms with van der Waals surface area (Å²) in [7, 11) is 1.18. The Labute approximate surface area is 184 Å². The van der Waals surface area contributed by atoms with Crippen molar-refractivity contribution in [1.82, 2.24) is 15.4 Å². The normalized spacial score (nSPS) is 16.2. The van der Waals surface area contributed by atoms with Crippen molar-refractivity contribution in [2.45, 2.75) is 12.6 Å². The van der Waals surface area contributed by atoms with Crippen LogP contribution < -0.4 is 15.5 Å². The van der Waals surface area contributed by atoms with Crippen molar-refractivity contribution in [3.63, 3.8) is 0 Å². The van der Waals surface area contributed by atoms with Gasteiger partial charge in [0.1, 0.15) is 10.8 Å². The van der Waals surface area contributed by atoms with Crippen LogP contribution in [0.25, 0.3) is 0 Å². The molecule has 2 heterocycles. The summed E-state index contributed by atoms with van der Waals surface area (Å²) >= 11 is 5.83. The third kappa shape index (κ3) is 5.58. The summed E-state index contributed by atoms with van der Waals surface area (Å²) in [5, 5.41) is 3.11. The van der Waals surface area contributed by atoms with Gasteiger partial charge in [-0.15, -0.1) is 0 Å². The third-order valence-electron chi connectivity index (χ3n) is 4.31. The van der Waals surface area contributed by atoms with Crippen LogP contribution >= 0.6 is 11.6 Å². The molecule has 0 unspecified atom stereocenters. The monoisotopic (exact) mass is 472 g/mol. The summed E-state index contributed by atoms with van der Waals surface area (Å²) in [6, 6.07) is 5.82. The topological polar surface area (TPSA) is 110 Å². The molecule has 1 saturated heterocycles. The highest BCUT2D eigenvalue weighted by atomic mass is 35.5. The van der Waals surface area contributed by atoms with Gasteiger partial charge in [0.05, 0.1) is 25.1 Å². The molecule has 3 rings (SSSR count). The Morgan fingerprint density at radius 3 is 2.72 bits per heavy atom. The molecule has 0 radical (unpaired) electrons. The number of aromatic nitrogens is 1. The van der Waals surface area contributed by atoms with Crippen LogP contribution in [0.2, 0.25) is 5.02 Å². The van der Waals surface area contributed by atoms with E-state index in [-0.39, 0.29) is 35.3 Å². The van der Waals surface area contributed by atoms with Gasteiger partial charge in [-0.1, -0.05) is 17.7 Å². The summed E-state index contributed by atoms with van der Waals surface area (Å²) in [6.07, 6.45) is -4.12. The second-order valence-corrected chi connectivity index (χ2v) is 7.05. The maximum atomic E-state index is 12.7. The first-order chi connectivity index (χ1) is 15.1. The lowest BCUT2D eigenvalue weighted by Gasteiger charge is -2.31. The quantitative estimate of drug-likeness (QED) is 0.658. The molecular weight excluding hydrogens is 457 g/mol. The standard InChI is InChI=1S/C19H16ClF3N4O5/c1-31-17(29)10-5-15(28)26-27(9-10)18(30)25-12-3-2-4-13(7-12)32-16-14(20)6-11(8-24-16)19(21,22)23/h2-4,6-8,10H,5,9H2,1H3,(H,25,30)(H,26,28)/t10-/m0/s1. The average molecular weight is 473 g/mol. The van der Waals surface area contributed by atoms with E-state index < -0.39 is 35.6 Å². The van der Waals surface area contributed by atoms with Gasteiger partial charge in [-0.05, 0) is 18.2 Å². The minimum absolute atomic E-state index is 0.0917. The van der Waals surface area contributed by atoms with Gasteiger partial charge in [-0.3, -0.25) is 15.0 Å². The van der Waals surface area contributed by atoms with Crippen molar-refractivity contribution < 1.29 is 37.0 Å². The van der Waals surface area contributed by atoms with Crippen molar-refractivity contribution in [2.75, 3.05) is 19.0 Å². The minimum Gasteiger partial charge on any atom is -0.469 e. The number of methoxy groups -OCH3 is 1. The van der Waals surface area contributed by atoms with Crippen LogP contribution in [-0.2, 0) is 20.5 Å². The van der Waals surface area contributed by atoms with E-state index in [1.54, 1.807) is 0 Å². The van der Waals surface area contributed by atoms with Crippen molar-refractivity contribution in [3.05, 3.63) is 47.1 Å². The summed E-state index contributed by atoms with van der Waals surface area (Å²) in [4.78, 5) is 39.6. The number of pyridine rings is 1. The number of hydrazine groups is 1. The van der Waals surface area contributed by atoms with Gasteiger partial charge in [0, 0.05) is 24.4 Å². The van der Waals surface area contributed by atoms with Crippen LogP contribution in [0.1, 0.15) is 12.0 Å². The molecule has 9 nitrogen and oxygen atoms in total. The number of benzene rings is 1. The molecule has 3 amide bonds. The zero-order valence-electron chi connectivity index (χ0n) is 16.4. The van der Waals surface area contributed by atoms with Gasteiger partial charge in [0.2, 0.25) is 11.8 Å². The molecule has 1 fully saturated rings. The van der Waals surface area contributed by atoms with Crippen LogP contribution in [0, 0.1) is 5.92 Å². The molecule has 1 aromatic carbocycles. The van der Waals surface area contributed by atoms with E-state index >= 15 is 0 Å². The van der Waals surface area contributed by atoms with E-state index in [0.29, 0.717) is 12.3 Å². The SMILES string of the molecule is COC(=O)[C@H]1CC(=O)NN(C(=O)Nc2cccc(Oc3ncc(C(F)(F)F)cc3Cl)c2)C1. The van der Waals surface area contributed by atoms with Gasteiger partial charge < -0.3 is 14.8 Å². The minimum atomic E-state index is -4.60. The van der Waals surface area contributed by atoms with Crippen LogP contribution in [0.5, 0.6) is 11.6 Å². The molecule has 0 spiro atoms. The van der Waals surface area contributed by atoms with Crippen molar-refractivity contribution in [3.8, 4) is 11.6 Å². The van der Waals surface area contributed by atoms with Crippen LogP contribution in [-0.4, -0.2) is 41.6 Å². The highest BCUT2D eigenvalue weighted by Gasteiger charge is 2.34. The predicted octanol–water partition coefficient (Wildman–Crippen LogP) is 3.60. The van der Waals surface area contributed by atoms with E-state index in [4.69, 9.17) is 16.3 Å². The molecule has 2 aromatic rings. The number of rotatable bonds is 4. The Hall–Kier alpha value is -3.54. The number of esters is 1. The molecule has 170 valence electrons. The second kappa shape index (κ2) is 9.30. The molecule has 1 aromatic heterocycles. The van der Waals surface area contributed by atoms with Gasteiger partial charge in [0.15, 0.2) is 0 Å². The largest absolute Gasteiger partial charge is 0.469 e. The van der Waals surface area contributed by atoms with Gasteiger partial charge >= 0.3 is 18.2 Å². The summed E-state index contributed by atoms with van der Waals surface area (Å²) in [6.45, 7) is -0.0917. The number of carbonyl (C=O) groups is 3. The summed E-state index contributed by atoms with van der Waals surface area (Å²) < 4.78 is 48.2. The Balaban J connectivity index is 1.69. The molecular formula is C19H16ClF3N4O5. The molecule has 0 aliphatic carbocycles. The number of carbonyl (C=O) groups excluding carboxylic acids is 3. The zero-order valence-corrected chi connectivity index (χ0v) is 17.2. The molecule has 0 bridgehead atoms. The van der Waals surface area contributed by atoms with E-state index in [1.165, 1.54) is 31.4 Å². The third-order valence-corrected chi connectivity index (χ3v) is 4.58. The van der Waals surface area contributed by atoms with Crippen molar-refractivity contribution >= 4 is 35.2 Å². The summed E-state index contributed by atoms with van der Waals surface area (Å²) in [5.74, 6) is -2.07. The highest BCUT2D eigenvalue weighted by molar-refractivity contribution is 6.31. The number of amides is 3. The lowest BCUT2D eigenvalue weighted by atomic mass is 10.0. The number of ether oxygens (including phenoxy) is 2. The number of nitrogens with zero attached hydrogens (tertiary/aromatic N) is 2. The molecule has 13 heteroatoms. The van der Waals surface area contributed by atoms with E-state index in [1.807, 2.05) is 0 Å². The lowest BCUT2D eigenvalue weighted by Crippen LogP contribution is -2.56. The smallest absolute Gasteiger partial charge is 0.417 e. The maximum Gasteiger partial charge on any atom is 0.417 e.